The number of methoxy groups -OCH3 is 1. The molecule has 0 spiro atoms. The van der Waals surface area contributed by atoms with Crippen molar-refractivity contribution in [1.29, 1.82) is 0 Å². The van der Waals surface area contributed by atoms with Crippen LogP contribution in [0.3, 0.4) is 0 Å². The van der Waals surface area contributed by atoms with E-state index in [1.807, 2.05) is 6.92 Å². The first-order chi connectivity index (χ1) is 13.6. The lowest BCUT2D eigenvalue weighted by molar-refractivity contribution is 0.0599. The SMILES string of the molecule is CCc1[nH]c(C(=O)NCc2cccc(S(=O)(=O)NC(C)C)c2)c(C)c1C(=O)OC. The van der Waals surface area contributed by atoms with E-state index < -0.39 is 16.0 Å². The molecule has 0 saturated heterocycles. The predicted molar refractivity (Wildman–Crippen MR) is 109 cm³/mol. The first kappa shape index (κ1) is 22.6. The minimum Gasteiger partial charge on any atom is -0.465 e. The number of aromatic nitrogens is 1. The second-order valence-electron chi connectivity index (χ2n) is 6.93. The van der Waals surface area contributed by atoms with Crippen LogP contribution in [0.5, 0.6) is 0 Å². The number of carbonyl (C=O) groups is 2. The van der Waals surface area contributed by atoms with Crippen LogP contribution in [0, 0.1) is 6.92 Å². The molecule has 0 aliphatic carbocycles. The highest BCUT2D eigenvalue weighted by atomic mass is 32.2. The number of aryl methyl sites for hydroxylation is 1. The van der Waals surface area contributed by atoms with Gasteiger partial charge in [0.1, 0.15) is 5.69 Å². The fourth-order valence-corrected chi connectivity index (χ4v) is 4.32. The van der Waals surface area contributed by atoms with Crippen LogP contribution in [0.25, 0.3) is 0 Å². The average molecular weight is 422 g/mol. The summed E-state index contributed by atoms with van der Waals surface area (Å²) in [6.45, 7) is 7.18. The molecule has 0 saturated carbocycles. The van der Waals surface area contributed by atoms with E-state index in [0.717, 1.165) is 0 Å². The topological polar surface area (TPSA) is 117 Å². The number of esters is 1. The van der Waals surface area contributed by atoms with Crippen LogP contribution < -0.4 is 10.0 Å². The molecule has 0 bridgehead atoms. The van der Waals surface area contributed by atoms with E-state index in [2.05, 4.69) is 15.0 Å². The summed E-state index contributed by atoms with van der Waals surface area (Å²) < 4.78 is 32.0. The first-order valence-electron chi connectivity index (χ1n) is 9.29. The number of nitrogens with one attached hydrogen (secondary N) is 3. The summed E-state index contributed by atoms with van der Waals surface area (Å²) >= 11 is 0. The van der Waals surface area contributed by atoms with Gasteiger partial charge in [-0.1, -0.05) is 19.1 Å². The van der Waals surface area contributed by atoms with Gasteiger partial charge in [0, 0.05) is 18.3 Å². The smallest absolute Gasteiger partial charge is 0.339 e. The summed E-state index contributed by atoms with van der Waals surface area (Å²) in [4.78, 5) is 27.8. The maximum atomic E-state index is 12.6. The molecular weight excluding hydrogens is 394 g/mol. The average Bonchev–Trinajstić information content (AvgIpc) is 3.01. The summed E-state index contributed by atoms with van der Waals surface area (Å²) in [6.07, 6.45) is 0.543. The highest BCUT2D eigenvalue weighted by Gasteiger charge is 2.23. The van der Waals surface area contributed by atoms with Crippen LogP contribution in [-0.2, 0) is 27.7 Å². The van der Waals surface area contributed by atoms with Gasteiger partial charge in [-0.05, 0) is 50.5 Å². The summed E-state index contributed by atoms with van der Waals surface area (Å²) in [5, 5.41) is 2.76. The number of aromatic amines is 1. The van der Waals surface area contributed by atoms with Crippen LogP contribution in [0.4, 0.5) is 0 Å². The number of benzene rings is 1. The third-order valence-corrected chi connectivity index (χ3v) is 6.01. The van der Waals surface area contributed by atoms with E-state index in [1.54, 1.807) is 32.9 Å². The third-order valence-electron chi connectivity index (χ3n) is 4.35. The molecule has 2 aromatic rings. The fourth-order valence-electron chi connectivity index (χ4n) is 3.00. The molecule has 8 nitrogen and oxygen atoms in total. The van der Waals surface area contributed by atoms with Crippen LogP contribution in [-0.4, -0.2) is 38.4 Å². The van der Waals surface area contributed by atoms with E-state index in [-0.39, 0.29) is 29.1 Å². The Bertz CT molecular complexity index is 1010. The Labute approximate surface area is 171 Å². The van der Waals surface area contributed by atoms with E-state index in [4.69, 9.17) is 4.74 Å². The minimum atomic E-state index is -3.62. The molecule has 1 amide bonds. The molecule has 1 heterocycles. The molecule has 0 aliphatic rings. The lowest BCUT2D eigenvalue weighted by Gasteiger charge is -2.11. The molecule has 0 atom stereocenters. The number of ether oxygens (including phenoxy) is 1. The van der Waals surface area contributed by atoms with Crippen molar-refractivity contribution >= 4 is 21.9 Å². The second-order valence-corrected chi connectivity index (χ2v) is 8.64. The quantitative estimate of drug-likeness (QED) is 0.565. The lowest BCUT2D eigenvalue weighted by atomic mass is 10.1. The highest BCUT2D eigenvalue weighted by molar-refractivity contribution is 7.89. The van der Waals surface area contributed by atoms with Crippen molar-refractivity contribution in [2.75, 3.05) is 7.11 Å². The summed E-state index contributed by atoms with van der Waals surface area (Å²) in [5.74, 6) is -0.883. The van der Waals surface area contributed by atoms with Gasteiger partial charge in [0.15, 0.2) is 0 Å². The zero-order chi connectivity index (χ0) is 21.8. The molecule has 29 heavy (non-hydrogen) atoms. The Balaban J connectivity index is 2.19. The van der Waals surface area contributed by atoms with E-state index in [9.17, 15) is 18.0 Å². The van der Waals surface area contributed by atoms with Gasteiger partial charge in [-0.15, -0.1) is 0 Å². The number of sulfonamides is 1. The normalized spacial score (nSPS) is 11.5. The van der Waals surface area contributed by atoms with Gasteiger partial charge in [-0.2, -0.15) is 0 Å². The Kier molecular flexibility index (Phi) is 7.21. The summed E-state index contributed by atoms with van der Waals surface area (Å²) in [7, 11) is -2.32. The van der Waals surface area contributed by atoms with Crippen LogP contribution in [0.1, 0.15) is 58.4 Å². The standard InChI is InChI=1S/C20H27N3O5S/c1-6-16-17(20(25)28-5)13(4)18(22-16)19(24)21-11-14-8-7-9-15(10-14)29(26,27)23-12(2)3/h7-10,12,22-23H,6,11H2,1-5H3,(H,21,24). The Hall–Kier alpha value is -2.65. The van der Waals surface area contributed by atoms with Crippen LogP contribution in [0.15, 0.2) is 29.2 Å². The van der Waals surface area contributed by atoms with Crippen LogP contribution in [0.2, 0.25) is 0 Å². The van der Waals surface area contributed by atoms with Gasteiger partial charge >= 0.3 is 5.97 Å². The minimum absolute atomic E-state index is 0.134. The van der Waals surface area contributed by atoms with Gasteiger partial charge in [0.2, 0.25) is 10.0 Å². The zero-order valence-corrected chi connectivity index (χ0v) is 18.1. The Morgan fingerprint density at radius 1 is 1.24 bits per heavy atom. The summed E-state index contributed by atoms with van der Waals surface area (Å²) in [5.41, 5.74) is 2.44. The number of hydrogen-bond donors (Lipinski definition) is 3. The fraction of sp³-hybridized carbons (Fsp3) is 0.400. The van der Waals surface area contributed by atoms with Gasteiger partial charge in [-0.25, -0.2) is 17.9 Å². The molecule has 158 valence electrons. The van der Waals surface area contributed by atoms with Gasteiger partial charge in [0.05, 0.1) is 17.6 Å². The largest absolute Gasteiger partial charge is 0.465 e. The van der Waals surface area contributed by atoms with Crippen molar-refractivity contribution in [3.8, 4) is 0 Å². The lowest BCUT2D eigenvalue weighted by Crippen LogP contribution is -2.30. The molecule has 0 aliphatic heterocycles. The molecule has 2 rings (SSSR count). The Morgan fingerprint density at radius 2 is 1.93 bits per heavy atom. The van der Waals surface area contributed by atoms with Gasteiger partial charge in [-0.3, -0.25) is 4.79 Å². The van der Waals surface area contributed by atoms with Crippen molar-refractivity contribution in [3.63, 3.8) is 0 Å². The molecule has 0 radical (unpaired) electrons. The third kappa shape index (κ3) is 5.24. The summed E-state index contributed by atoms with van der Waals surface area (Å²) in [6, 6.07) is 6.15. The maximum Gasteiger partial charge on any atom is 0.339 e. The maximum absolute atomic E-state index is 12.6. The van der Waals surface area contributed by atoms with Crippen molar-refractivity contribution in [2.45, 2.75) is 51.6 Å². The van der Waals surface area contributed by atoms with E-state index in [1.165, 1.54) is 19.2 Å². The predicted octanol–water partition coefficient (Wildman–Crippen LogP) is 2.29. The Morgan fingerprint density at radius 3 is 2.52 bits per heavy atom. The van der Waals surface area contributed by atoms with Crippen molar-refractivity contribution < 1.29 is 22.7 Å². The molecule has 1 aromatic heterocycles. The van der Waals surface area contributed by atoms with Gasteiger partial charge in [0.25, 0.3) is 5.91 Å². The molecule has 0 fully saturated rings. The van der Waals surface area contributed by atoms with Crippen molar-refractivity contribution in [2.24, 2.45) is 0 Å². The van der Waals surface area contributed by atoms with E-state index >= 15 is 0 Å². The number of amides is 1. The zero-order valence-electron chi connectivity index (χ0n) is 17.3. The monoisotopic (exact) mass is 421 g/mol. The van der Waals surface area contributed by atoms with Crippen molar-refractivity contribution in [1.82, 2.24) is 15.0 Å². The number of carbonyl (C=O) groups excluding carboxylic acids is 2. The highest BCUT2D eigenvalue weighted by Crippen LogP contribution is 2.20. The van der Waals surface area contributed by atoms with Crippen molar-refractivity contribution in [3.05, 3.63) is 52.3 Å². The molecular formula is C20H27N3O5S. The first-order valence-corrected chi connectivity index (χ1v) is 10.8. The van der Waals surface area contributed by atoms with E-state index in [0.29, 0.717) is 28.8 Å². The van der Waals surface area contributed by atoms with Crippen LogP contribution >= 0.6 is 0 Å². The molecule has 3 N–H and O–H groups in total. The molecule has 9 heteroatoms. The van der Waals surface area contributed by atoms with Gasteiger partial charge < -0.3 is 15.0 Å². The number of rotatable bonds is 8. The number of hydrogen-bond acceptors (Lipinski definition) is 5. The second kappa shape index (κ2) is 9.23. The number of H-pyrrole nitrogens is 1. The molecule has 1 aromatic carbocycles. The molecule has 0 unspecified atom stereocenters.